The molecule has 0 aliphatic heterocycles. The van der Waals surface area contributed by atoms with Crippen molar-refractivity contribution in [1.29, 1.82) is 0 Å². The van der Waals surface area contributed by atoms with E-state index in [1.165, 1.54) is 77.0 Å². The van der Waals surface area contributed by atoms with Gasteiger partial charge in [0.15, 0.2) is 0 Å². The van der Waals surface area contributed by atoms with Gasteiger partial charge in [0.1, 0.15) is 0 Å². The molecule has 0 aromatic carbocycles. The van der Waals surface area contributed by atoms with E-state index in [-0.39, 0.29) is 0 Å². The number of hydrogen-bond donors (Lipinski definition) is 0. The van der Waals surface area contributed by atoms with Crippen molar-refractivity contribution in [3.05, 3.63) is 11.6 Å². The Balaban J connectivity index is 1.46. The predicted molar refractivity (Wildman–Crippen MR) is 136 cm³/mol. The van der Waals surface area contributed by atoms with E-state index in [0.29, 0.717) is 10.8 Å². The number of hydrogen-bond acceptors (Lipinski definition) is 0. The second kappa shape index (κ2) is 9.18. The summed E-state index contributed by atoms with van der Waals surface area (Å²) in [6.07, 6.45) is 20.5. The molecule has 4 aliphatic carbocycles. The molecule has 5 unspecified atom stereocenters. The van der Waals surface area contributed by atoms with Crippen LogP contribution in [0.15, 0.2) is 11.6 Å². The van der Waals surface area contributed by atoms with Crippen LogP contribution in [0, 0.1) is 58.2 Å². The molecule has 0 saturated heterocycles. The van der Waals surface area contributed by atoms with Gasteiger partial charge in [-0.3, -0.25) is 0 Å². The zero-order valence-corrected chi connectivity index (χ0v) is 22.2. The van der Waals surface area contributed by atoms with Crippen molar-refractivity contribution in [2.75, 3.05) is 0 Å². The van der Waals surface area contributed by atoms with Crippen molar-refractivity contribution >= 4 is 0 Å². The fraction of sp³-hybridized carbons (Fsp3) is 0.935. The van der Waals surface area contributed by atoms with Crippen LogP contribution in [0.5, 0.6) is 0 Å². The van der Waals surface area contributed by atoms with Crippen LogP contribution >= 0.6 is 0 Å². The lowest BCUT2D eigenvalue weighted by Gasteiger charge is -2.58. The van der Waals surface area contributed by atoms with Gasteiger partial charge in [-0.1, -0.05) is 79.4 Å². The fourth-order valence-corrected chi connectivity index (χ4v) is 9.63. The molecule has 0 amide bonds. The van der Waals surface area contributed by atoms with E-state index >= 15 is 0 Å². The van der Waals surface area contributed by atoms with Gasteiger partial charge in [-0.2, -0.15) is 0 Å². The maximum absolute atomic E-state index is 2.79. The van der Waals surface area contributed by atoms with Gasteiger partial charge in [0.25, 0.3) is 0 Å². The van der Waals surface area contributed by atoms with Crippen LogP contribution in [-0.2, 0) is 0 Å². The molecule has 0 radical (unpaired) electrons. The average Bonchev–Trinajstić information content (AvgIpc) is 3.05. The summed E-state index contributed by atoms with van der Waals surface area (Å²) in [4.78, 5) is 0. The lowest BCUT2D eigenvalue weighted by molar-refractivity contribution is -0.0531. The standard InChI is InChI=1S/C31H54/c1-21(2)9-8-10-23(5)27-13-14-28-26-12-11-25-20-24(19-22(3)4)15-17-30(25,6)29(26)16-18-31(27,28)7/h11,21-24,26-29H,8-10,12-20H2,1-7H3/t23?,24?,26?,27-,28?,29?,30+,31-/m1/s1. The Hall–Kier alpha value is -0.260. The van der Waals surface area contributed by atoms with Crippen molar-refractivity contribution in [3.8, 4) is 0 Å². The molecule has 0 aromatic heterocycles. The SMILES string of the molecule is CC(C)CCCC(C)[C@H]1CCC2C3CC=C4CC(CC(C)C)CC[C@]4(C)C3CC[C@@]21C. The molecular formula is C31H54. The summed E-state index contributed by atoms with van der Waals surface area (Å²) in [5, 5.41) is 0. The lowest BCUT2D eigenvalue weighted by atomic mass is 9.46. The van der Waals surface area contributed by atoms with Crippen LogP contribution in [0.2, 0.25) is 0 Å². The summed E-state index contributed by atoms with van der Waals surface area (Å²) in [5.74, 6) is 7.60. The largest absolute Gasteiger partial charge is 0.0845 e. The van der Waals surface area contributed by atoms with Crippen LogP contribution in [0.4, 0.5) is 0 Å². The van der Waals surface area contributed by atoms with E-state index in [1.807, 2.05) is 5.57 Å². The normalized spacial score (nSPS) is 43.4. The zero-order chi connectivity index (χ0) is 22.4. The van der Waals surface area contributed by atoms with Gasteiger partial charge in [-0.25, -0.2) is 0 Å². The molecule has 0 aromatic rings. The first-order valence-electron chi connectivity index (χ1n) is 14.3. The minimum atomic E-state index is 0.540. The summed E-state index contributed by atoms with van der Waals surface area (Å²) in [5.41, 5.74) is 3.07. The molecule has 31 heavy (non-hydrogen) atoms. The molecule has 178 valence electrons. The lowest BCUT2D eigenvalue weighted by Crippen LogP contribution is -2.50. The predicted octanol–water partition coefficient (Wildman–Crippen LogP) is 9.69. The van der Waals surface area contributed by atoms with Crippen LogP contribution in [-0.4, -0.2) is 0 Å². The molecule has 0 heterocycles. The summed E-state index contributed by atoms with van der Waals surface area (Å²) < 4.78 is 0. The topological polar surface area (TPSA) is 0 Å². The molecule has 4 aliphatic rings. The Labute approximate surface area is 195 Å². The van der Waals surface area contributed by atoms with Crippen molar-refractivity contribution in [1.82, 2.24) is 0 Å². The highest BCUT2D eigenvalue weighted by Crippen LogP contribution is 2.67. The first kappa shape index (κ1) is 23.9. The van der Waals surface area contributed by atoms with Gasteiger partial charge < -0.3 is 0 Å². The van der Waals surface area contributed by atoms with Gasteiger partial charge in [0, 0.05) is 0 Å². The average molecular weight is 427 g/mol. The van der Waals surface area contributed by atoms with Gasteiger partial charge in [0.2, 0.25) is 0 Å². The van der Waals surface area contributed by atoms with Crippen LogP contribution in [0.3, 0.4) is 0 Å². The first-order valence-corrected chi connectivity index (χ1v) is 14.3. The van der Waals surface area contributed by atoms with E-state index < -0.39 is 0 Å². The monoisotopic (exact) mass is 426 g/mol. The fourth-order valence-electron chi connectivity index (χ4n) is 9.63. The molecule has 0 N–H and O–H groups in total. The van der Waals surface area contributed by atoms with Gasteiger partial charge in [-0.15, -0.1) is 0 Å². The van der Waals surface area contributed by atoms with E-state index in [1.54, 1.807) is 0 Å². The second-order valence-electron chi connectivity index (χ2n) is 14.0. The van der Waals surface area contributed by atoms with E-state index in [2.05, 4.69) is 54.5 Å². The molecule has 0 nitrogen and oxygen atoms in total. The Morgan fingerprint density at radius 2 is 1.65 bits per heavy atom. The summed E-state index contributed by atoms with van der Waals surface area (Å²) in [6, 6.07) is 0. The maximum atomic E-state index is 2.79. The Morgan fingerprint density at radius 1 is 0.871 bits per heavy atom. The number of fused-ring (bicyclic) bond motifs is 5. The third kappa shape index (κ3) is 4.45. The van der Waals surface area contributed by atoms with Crippen LogP contribution in [0.25, 0.3) is 0 Å². The summed E-state index contributed by atoms with van der Waals surface area (Å²) in [7, 11) is 0. The summed E-state index contributed by atoms with van der Waals surface area (Å²) >= 11 is 0. The maximum Gasteiger partial charge on any atom is -0.00851 e. The van der Waals surface area contributed by atoms with Gasteiger partial charge >= 0.3 is 0 Å². The number of rotatable bonds is 7. The quantitative estimate of drug-likeness (QED) is 0.355. The van der Waals surface area contributed by atoms with Crippen molar-refractivity contribution in [2.45, 2.75) is 126 Å². The molecule has 8 atom stereocenters. The number of allylic oxidation sites excluding steroid dienone is 2. The highest BCUT2D eigenvalue weighted by molar-refractivity contribution is 5.25. The Kier molecular flexibility index (Phi) is 7.07. The van der Waals surface area contributed by atoms with Crippen molar-refractivity contribution in [2.24, 2.45) is 58.2 Å². The molecule has 0 heteroatoms. The van der Waals surface area contributed by atoms with E-state index in [9.17, 15) is 0 Å². The van der Waals surface area contributed by atoms with Gasteiger partial charge in [0.05, 0.1) is 0 Å². The highest BCUT2D eigenvalue weighted by Gasteiger charge is 2.59. The second-order valence-corrected chi connectivity index (χ2v) is 14.0. The summed E-state index contributed by atoms with van der Waals surface area (Å²) in [6.45, 7) is 17.7. The van der Waals surface area contributed by atoms with E-state index in [0.717, 1.165) is 47.3 Å². The molecular weight excluding hydrogens is 372 g/mol. The molecule has 0 spiro atoms. The minimum Gasteiger partial charge on any atom is -0.0845 e. The third-order valence-electron chi connectivity index (χ3n) is 11.2. The van der Waals surface area contributed by atoms with Crippen molar-refractivity contribution < 1.29 is 0 Å². The van der Waals surface area contributed by atoms with Crippen LogP contribution < -0.4 is 0 Å². The molecule has 4 rings (SSSR count). The molecule has 0 bridgehead atoms. The van der Waals surface area contributed by atoms with Crippen molar-refractivity contribution in [3.63, 3.8) is 0 Å². The van der Waals surface area contributed by atoms with Gasteiger partial charge in [-0.05, 0) is 116 Å². The Bertz CT molecular complexity index is 640. The molecule has 3 fully saturated rings. The zero-order valence-electron chi connectivity index (χ0n) is 22.2. The van der Waals surface area contributed by atoms with E-state index in [4.69, 9.17) is 0 Å². The smallest absolute Gasteiger partial charge is 0.00851 e. The highest BCUT2D eigenvalue weighted by atomic mass is 14.6. The van der Waals surface area contributed by atoms with Crippen LogP contribution in [0.1, 0.15) is 126 Å². The molecule has 3 saturated carbocycles. The minimum absolute atomic E-state index is 0.540. The first-order chi connectivity index (χ1) is 14.6. The Morgan fingerprint density at radius 3 is 2.35 bits per heavy atom. The third-order valence-corrected chi connectivity index (χ3v) is 11.2.